The molecule has 0 aliphatic heterocycles. The number of thiophene rings is 1. The van der Waals surface area contributed by atoms with E-state index in [4.69, 9.17) is 0 Å². The van der Waals surface area contributed by atoms with Gasteiger partial charge >= 0.3 is 5.97 Å². The monoisotopic (exact) mass is 464 g/mol. The fraction of sp³-hybridized carbons (Fsp3) is 0.464. The number of hydrogen-bond donors (Lipinski definition) is 1. The predicted octanol–water partition coefficient (Wildman–Crippen LogP) is 7.04. The van der Waals surface area contributed by atoms with Crippen LogP contribution in [0.1, 0.15) is 79.9 Å². The summed E-state index contributed by atoms with van der Waals surface area (Å²) in [4.78, 5) is 38.3. The van der Waals surface area contributed by atoms with Crippen molar-refractivity contribution in [3.63, 3.8) is 0 Å². The summed E-state index contributed by atoms with van der Waals surface area (Å²) in [6.45, 7) is 2.25. The highest BCUT2D eigenvalue weighted by molar-refractivity contribution is 7.17. The van der Waals surface area contributed by atoms with Crippen LogP contribution in [0.4, 0.5) is 0 Å². The first-order valence-corrected chi connectivity index (χ1v) is 12.9. The van der Waals surface area contributed by atoms with Gasteiger partial charge in [-0.2, -0.15) is 0 Å². The van der Waals surface area contributed by atoms with E-state index in [1.807, 2.05) is 42.5 Å². The van der Waals surface area contributed by atoms with Crippen LogP contribution in [0.3, 0.4) is 0 Å². The second kappa shape index (κ2) is 10.6. The van der Waals surface area contributed by atoms with Gasteiger partial charge in [0.25, 0.3) is 0 Å². The summed E-state index contributed by atoms with van der Waals surface area (Å²) in [6, 6.07) is 11.7. The fourth-order valence-corrected chi connectivity index (χ4v) is 6.16. The highest BCUT2D eigenvalue weighted by Gasteiger charge is 2.29. The third kappa shape index (κ3) is 5.89. The number of carbonyl (C=O) groups excluding carboxylic acids is 2. The quantitative estimate of drug-likeness (QED) is 0.477. The van der Waals surface area contributed by atoms with Crippen LogP contribution in [0.2, 0.25) is 0 Å². The Morgan fingerprint density at radius 2 is 1.67 bits per heavy atom. The molecule has 2 aliphatic carbocycles. The maximum atomic E-state index is 13.2. The summed E-state index contributed by atoms with van der Waals surface area (Å²) in [6.07, 6.45) is 9.01. The maximum absolute atomic E-state index is 13.2. The number of carbonyl (C=O) groups is 3. The maximum Gasteiger partial charge on any atom is 0.346 e. The molecule has 0 spiro atoms. The standard InChI is InChI=1S/C28H32O4S/c1-18-7-9-20(10-8-18)25(30)16-22(19-11-13-24(29)14-12-19)15-23-17-26(33-27(23)28(31)32)21-5-3-2-4-6-21/h2-6,15,17-20H,7-14,16H2,1H3,(H,31,32)/b22-15-. The first-order valence-electron chi connectivity index (χ1n) is 12.1. The van der Waals surface area contributed by atoms with E-state index in [1.165, 1.54) is 11.3 Å². The molecule has 5 heteroatoms. The van der Waals surface area contributed by atoms with Gasteiger partial charge in [0.05, 0.1) is 0 Å². The highest BCUT2D eigenvalue weighted by Crippen LogP contribution is 2.38. The Morgan fingerprint density at radius 3 is 2.30 bits per heavy atom. The van der Waals surface area contributed by atoms with E-state index >= 15 is 0 Å². The molecule has 2 aromatic rings. The minimum absolute atomic E-state index is 0.108. The number of allylic oxidation sites excluding steroid dienone is 1. The van der Waals surface area contributed by atoms with Crippen molar-refractivity contribution < 1.29 is 19.5 Å². The van der Waals surface area contributed by atoms with Gasteiger partial charge in [0.1, 0.15) is 16.4 Å². The number of carboxylic acids is 1. The van der Waals surface area contributed by atoms with Gasteiger partial charge in [-0.3, -0.25) is 9.59 Å². The topological polar surface area (TPSA) is 71.4 Å². The molecule has 1 heterocycles. The number of ketones is 2. The van der Waals surface area contributed by atoms with Crippen molar-refractivity contribution in [3.8, 4) is 10.4 Å². The Bertz CT molecular complexity index is 1030. The number of benzene rings is 1. The van der Waals surface area contributed by atoms with Crippen molar-refractivity contribution in [3.05, 3.63) is 52.4 Å². The minimum Gasteiger partial charge on any atom is -0.477 e. The smallest absolute Gasteiger partial charge is 0.346 e. The number of rotatable bonds is 7. The zero-order valence-electron chi connectivity index (χ0n) is 19.2. The van der Waals surface area contributed by atoms with Crippen molar-refractivity contribution in [1.82, 2.24) is 0 Å². The molecule has 33 heavy (non-hydrogen) atoms. The Hall–Kier alpha value is -2.53. The van der Waals surface area contributed by atoms with Gasteiger partial charge in [-0.1, -0.05) is 61.7 Å². The molecule has 1 aromatic heterocycles. The number of carboxylic acid groups (broad SMARTS) is 1. The van der Waals surface area contributed by atoms with E-state index in [0.717, 1.165) is 54.5 Å². The van der Waals surface area contributed by atoms with Crippen molar-refractivity contribution in [1.29, 1.82) is 0 Å². The summed E-state index contributed by atoms with van der Waals surface area (Å²) < 4.78 is 0. The number of Topliss-reactive ketones (excluding diaryl/α,β-unsaturated/α-hetero) is 2. The van der Waals surface area contributed by atoms with Crippen LogP contribution in [-0.2, 0) is 9.59 Å². The second-order valence-electron chi connectivity index (χ2n) is 9.70. The van der Waals surface area contributed by atoms with Crippen molar-refractivity contribution in [2.75, 3.05) is 0 Å². The Labute approximate surface area is 199 Å². The van der Waals surface area contributed by atoms with Crippen LogP contribution in [-0.4, -0.2) is 22.6 Å². The van der Waals surface area contributed by atoms with E-state index in [9.17, 15) is 19.5 Å². The molecule has 2 aliphatic rings. The lowest BCUT2D eigenvalue weighted by atomic mass is 9.76. The lowest BCUT2D eigenvalue weighted by Crippen LogP contribution is -2.23. The number of hydrogen-bond acceptors (Lipinski definition) is 4. The van der Waals surface area contributed by atoms with Gasteiger partial charge < -0.3 is 5.11 Å². The van der Waals surface area contributed by atoms with Crippen LogP contribution in [0.5, 0.6) is 0 Å². The van der Waals surface area contributed by atoms with E-state index in [-0.39, 0.29) is 23.4 Å². The second-order valence-corrected chi connectivity index (χ2v) is 10.8. The molecular weight excluding hydrogens is 432 g/mol. The molecule has 0 atom stereocenters. The van der Waals surface area contributed by atoms with Gasteiger partial charge in [-0.25, -0.2) is 4.79 Å². The third-order valence-corrected chi connectivity index (χ3v) is 8.46. The molecule has 1 N–H and O–H groups in total. The van der Waals surface area contributed by atoms with Crippen molar-refractivity contribution in [2.45, 2.75) is 64.7 Å². The number of aromatic carboxylic acids is 1. The minimum atomic E-state index is -0.945. The summed E-state index contributed by atoms with van der Waals surface area (Å²) in [5.74, 6) is 0.576. The third-order valence-electron chi connectivity index (χ3n) is 7.27. The lowest BCUT2D eigenvalue weighted by molar-refractivity contribution is -0.123. The average Bonchev–Trinajstić information content (AvgIpc) is 3.24. The zero-order valence-corrected chi connectivity index (χ0v) is 20.0. The van der Waals surface area contributed by atoms with Gasteiger partial charge in [0.15, 0.2) is 0 Å². The Kier molecular flexibility index (Phi) is 7.59. The van der Waals surface area contributed by atoms with Gasteiger partial charge in [0, 0.05) is 35.6 Å². The van der Waals surface area contributed by atoms with Crippen LogP contribution >= 0.6 is 11.3 Å². The summed E-state index contributed by atoms with van der Waals surface area (Å²) in [5, 5.41) is 9.86. The van der Waals surface area contributed by atoms with E-state index in [0.29, 0.717) is 35.6 Å². The Morgan fingerprint density at radius 1 is 1.00 bits per heavy atom. The van der Waals surface area contributed by atoms with E-state index < -0.39 is 5.97 Å². The molecule has 4 rings (SSSR count). The first-order chi connectivity index (χ1) is 15.9. The van der Waals surface area contributed by atoms with E-state index in [2.05, 4.69) is 6.92 Å². The molecule has 0 amide bonds. The molecule has 174 valence electrons. The van der Waals surface area contributed by atoms with E-state index in [1.54, 1.807) is 0 Å². The van der Waals surface area contributed by atoms with Gasteiger partial charge in [-0.05, 0) is 49.1 Å². The SMILES string of the molecule is CC1CCC(C(=O)C/C(=C/c2cc(-c3ccccc3)sc2C(=O)O)C2CCC(=O)CC2)CC1. The molecule has 0 radical (unpaired) electrons. The van der Waals surface area contributed by atoms with Crippen molar-refractivity contribution >= 4 is 34.9 Å². The van der Waals surface area contributed by atoms with Crippen LogP contribution in [0.15, 0.2) is 42.0 Å². The molecular formula is C28H32O4S. The summed E-state index contributed by atoms with van der Waals surface area (Å²) in [7, 11) is 0. The molecule has 0 bridgehead atoms. The molecule has 0 saturated heterocycles. The Balaban J connectivity index is 1.65. The van der Waals surface area contributed by atoms with Crippen LogP contribution < -0.4 is 0 Å². The lowest BCUT2D eigenvalue weighted by Gasteiger charge is -2.28. The molecule has 4 nitrogen and oxygen atoms in total. The van der Waals surface area contributed by atoms with Crippen LogP contribution in [0.25, 0.3) is 16.5 Å². The largest absolute Gasteiger partial charge is 0.477 e. The first kappa shape index (κ1) is 23.6. The zero-order chi connectivity index (χ0) is 23.4. The summed E-state index contributed by atoms with van der Waals surface area (Å²) in [5.41, 5.74) is 2.66. The predicted molar refractivity (Wildman–Crippen MR) is 132 cm³/mol. The average molecular weight is 465 g/mol. The molecule has 2 fully saturated rings. The van der Waals surface area contributed by atoms with Crippen LogP contribution in [0, 0.1) is 17.8 Å². The normalized spacial score (nSPS) is 22.3. The highest BCUT2D eigenvalue weighted by atomic mass is 32.1. The van der Waals surface area contributed by atoms with Gasteiger partial charge in [-0.15, -0.1) is 11.3 Å². The summed E-state index contributed by atoms with van der Waals surface area (Å²) >= 11 is 1.27. The molecule has 1 aromatic carbocycles. The van der Waals surface area contributed by atoms with Crippen molar-refractivity contribution in [2.24, 2.45) is 17.8 Å². The molecule has 2 saturated carbocycles. The molecule has 0 unspecified atom stereocenters. The van der Waals surface area contributed by atoms with Gasteiger partial charge in [0.2, 0.25) is 0 Å². The fourth-order valence-electron chi connectivity index (χ4n) is 5.18.